The number of hydrogen-bond donors (Lipinski definition) is 2. The van der Waals surface area contributed by atoms with E-state index in [4.69, 9.17) is 4.52 Å². The van der Waals surface area contributed by atoms with E-state index in [9.17, 15) is 14.0 Å². The predicted octanol–water partition coefficient (Wildman–Crippen LogP) is 1.34. The van der Waals surface area contributed by atoms with Crippen molar-refractivity contribution in [1.29, 1.82) is 0 Å². The quantitative estimate of drug-likeness (QED) is 0.831. The zero-order valence-electron chi connectivity index (χ0n) is 11.5. The second-order valence-electron chi connectivity index (χ2n) is 4.97. The van der Waals surface area contributed by atoms with Gasteiger partial charge in [-0.1, -0.05) is 11.2 Å². The molecule has 8 heteroatoms. The van der Waals surface area contributed by atoms with Crippen LogP contribution in [0.1, 0.15) is 30.5 Å². The van der Waals surface area contributed by atoms with Gasteiger partial charge in [-0.2, -0.15) is 4.98 Å². The Morgan fingerprint density at radius 1 is 1.32 bits per heavy atom. The molecule has 0 bridgehead atoms. The van der Waals surface area contributed by atoms with E-state index >= 15 is 0 Å². The third kappa shape index (κ3) is 3.46. The number of hydrogen-bond acceptors (Lipinski definition) is 5. The summed E-state index contributed by atoms with van der Waals surface area (Å²) >= 11 is 0. The molecule has 22 heavy (non-hydrogen) atoms. The van der Waals surface area contributed by atoms with E-state index < -0.39 is 17.6 Å². The molecule has 1 aromatic carbocycles. The van der Waals surface area contributed by atoms with Crippen molar-refractivity contribution in [3.63, 3.8) is 0 Å². The van der Waals surface area contributed by atoms with E-state index in [1.165, 1.54) is 18.2 Å². The molecule has 1 saturated carbocycles. The zero-order valence-corrected chi connectivity index (χ0v) is 11.5. The normalized spacial score (nSPS) is 13.7. The first kappa shape index (κ1) is 14.2. The van der Waals surface area contributed by atoms with Crippen LogP contribution in [0, 0.1) is 5.82 Å². The van der Waals surface area contributed by atoms with Crippen molar-refractivity contribution in [2.75, 3.05) is 5.32 Å². The number of benzene rings is 1. The van der Waals surface area contributed by atoms with Gasteiger partial charge in [0.05, 0.1) is 6.54 Å². The van der Waals surface area contributed by atoms with Crippen LogP contribution in [0.4, 0.5) is 10.1 Å². The van der Waals surface area contributed by atoms with Crippen molar-refractivity contribution in [2.24, 2.45) is 0 Å². The van der Waals surface area contributed by atoms with Gasteiger partial charge in [0.1, 0.15) is 5.82 Å². The highest BCUT2D eigenvalue weighted by atomic mass is 19.1. The van der Waals surface area contributed by atoms with Crippen LogP contribution >= 0.6 is 0 Å². The fraction of sp³-hybridized carbons (Fsp3) is 0.286. The van der Waals surface area contributed by atoms with Gasteiger partial charge in [-0.15, -0.1) is 0 Å². The standard InChI is InChI=1S/C14H13FN4O3/c15-9-2-1-3-10(6-9)17-14(21)13(20)16-7-11-18-12(19-22-11)8-4-5-8/h1-3,6,8H,4-5,7H2,(H,16,20)(H,17,21). The molecule has 0 radical (unpaired) electrons. The lowest BCUT2D eigenvalue weighted by Gasteiger charge is -2.04. The Balaban J connectivity index is 1.51. The Kier molecular flexibility index (Phi) is 3.82. The summed E-state index contributed by atoms with van der Waals surface area (Å²) in [6, 6.07) is 5.27. The van der Waals surface area contributed by atoms with Gasteiger partial charge in [-0.05, 0) is 31.0 Å². The number of anilines is 1. The molecule has 0 spiro atoms. The summed E-state index contributed by atoms with van der Waals surface area (Å²) in [4.78, 5) is 27.4. The lowest BCUT2D eigenvalue weighted by atomic mass is 10.3. The van der Waals surface area contributed by atoms with Gasteiger partial charge in [0, 0.05) is 11.6 Å². The number of amides is 2. The molecule has 7 nitrogen and oxygen atoms in total. The first-order chi connectivity index (χ1) is 10.6. The smallest absolute Gasteiger partial charge is 0.313 e. The Hall–Kier alpha value is -2.77. The van der Waals surface area contributed by atoms with Crippen LogP contribution in [0.2, 0.25) is 0 Å². The molecule has 2 amide bonds. The van der Waals surface area contributed by atoms with Gasteiger partial charge in [0.2, 0.25) is 5.89 Å². The number of aromatic nitrogens is 2. The van der Waals surface area contributed by atoms with Gasteiger partial charge >= 0.3 is 11.8 Å². The van der Waals surface area contributed by atoms with Crippen LogP contribution in [0.5, 0.6) is 0 Å². The summed E-state index contributed by atoms with van der Waals surface area (Å²) in [5, 5.41) is 8.46. The lowest BCUT2D eigenvalue weighted by molar-refractivity contribution is -0.136. The number of carbonyl (C=O) groups excluding carboxylic acids is 2. The maximum atomic E-state index is 13.0. The molecule has 1 aliphatic carbocycles. The lowest BCUT2D eigenvalue weighted by Crippen LogP contribution is -2.35. The molecule has 0 unspecified atom stereocenters. The van der Waals surface area contributed by atoms with Crippen LogP contribution in [-0.2, 0) is 16.1 Å². The Bertz CT molecular complexity index is 712. The molecular weight excluding hydrogens is 291 g/mol. The fourth-order valence-corrected chi connectivity index (χ4v) is 1.84. The molecule has 2 aromatic rings. The summed E-state index contributed by atoms with van der Waals surface area (Å²) in [5.74, 6) is -1.04. The van der Waals surface area contributed by atoms with Crippen LogP contribution in [-0.4, -0.2) is 22.0 Å². The van der Waals surface area contributed by atoms with Gasteiger partial charge in [-0.3, -0.25) is 9.59 Å². The van der Waals surface area contributed by atoms with Gasteiger partial charge in [-0.25, -0.2) is 4.39 Å². The minimum absolute atomic E-state index is 0.0326. The average Bonchev–Trinajstić information content (AvgIpc) is 3.24. The molecule has 1 aromatic heterocycles. The zero-order chi connectivity index (χ0) is 15.5. The summed E-state index contributed by atoms with van der Waals surface area (Å²) in [7, 11) is 0. The number of rotatable bonds is 4. The van der Waals surface area contributed by atoms with E-state index in [1.807, 2.05) is 0 Å². The first-order valence-corrected chi connectivity index (χ1v) is 6.79. The number of halogens is 1. The predicted molar refractivity (Wildman–Crippen MR) is 73.1 cm³/mol. The third-order valence-electron chi connectivity index (χ3n) is 3.12. The number of nitrogens with zero attached hydrogens (tertiary/aromatic N) is 2. The highest BCUT2D eigenvalue weighted by Gasteiger charge is 2.28. The molecule has 1 aliphatic rings. The second-order valence-corrected chi connectivity index (χ2v) is 4.97. The number of nitrogens with one attached hydrogen (secondary N) is 2. The van der Waals surface area contributed by atoms with Gasteiger partial charge in [0.15, 0.2) is 5.82 Å². The minimum Gasteiger partial charge on any atom is -0.339 e. The van der Waals surface area contributed by atoms with E-state index in [0.717, 1.165) is 18.9 Å². The maximum Gasteiger partial charge on any atom is 0.313 e. The van der Waals surface area contributed by atoms with E-state index in [0.29, 0.717) is 11.7 Å². The van der Waals surface area contributed by atoms with Crippen molar-refractivity contribution in [1.82, 2.24) is 15.5 Å². The van der Waals surface area contributed by atoms with E-state index in [1.54, 1.807) is 0 Å². The Morgan fingerprint density at radius 2 is 2.14 bits per heavy atom. The topological polar surface area (TPSA) is 97.1 Å². The molecular formula is C14H13FN4O3. The molecule has 2 N–H and O–H groups in total. The minimum atomic E-state index is -0.896. The summed E-state index contributed by atoms with van der Waals surface area (Å²) in [5.41, 5.74) is 0.203. The average molecular weight is 304 g/mol. The van der Waals surface area contributed by atoms with E-state index in [2.05, 4.69) is 20.8 Å². The summed E-state index contributed by atoms with van der Waals surface area (Å²) in [6.07, 6.45) is 2.09. The third-order valence-corrected chi connectivity index (χ3v) is 3.12. The fourth-order valence-electron chi connectivity index (χ4n) is 1.84. The molecule has 3 rings (SSSR count). The number of carbonyl (C=O) groups is 2. The van der Waals surface area contributed by atoms with Crippen molar-refractivity contribution < 1.29 is 18.5 Å². The van der Waals surface area contributed by atoms with Crippen molar-refractivity contribution >= 4 is 17.5 Å². The molecule has 0 saturated heterocycles. The molecule has 0 aliphatic heterocycles. The monoisotopic (exact) mass is 304 g/mol. The molecule has 0 atom stereocenters. The highest BCUT2D eigenvalue weighted by molar-refractivity contribution is 6.39. The van der Waals surface area contributed by atoms with Crippen LogP contribution in [0.25, 0.3) is 0 Å². The molecule has 114 valence electrons. The van der Waals surface area contributed by atoms with Crippen molar-refractivity contribution in [3.8, 4) is 0 Å². The van der Waals surface area contributed by atoms with Gasteiger partial charge in [0.25, 0.3) is 0 Å². The van der Waals surface area contributed by atoms with Crippen LogP contribution in [0.3, 0.4) is 0 Å². The Labute approximate surface area is 124 Å². The first-order valence-electron chi connectivity index (χ1n) is 6.79. The molecule has 1 heterocycles. The SMILES string of the molecule is O=C(NCc1nc(C2CC2)no1)C(=O)Nc1cccc(F)c1. The molecule has 1 fully saturated rings. The summed E-state index contributed by atoms with van der Waals surface area (Å²) in [6.45, 7) is -0.0326. The second kappa shape index (κ2) is 5.92. The van der Waals surface area contributed by atoms with Crippen molar-refractivity contribution in [3.05, 3.63) is 41.8 Å². The largest absolute Gasteiger partial charge is 0.339 e. The maximum absolute atomic E-state index is 13.0. The van der Waals surface area contributed by atoms with Crippen molar-refractivity contribution in [2.45, 2.75) is 25.3 Å². The Morgan fingerprint density at radius 3 is 2.86 bits per heavy atom. The summed E-state index contributed by atoms with van der Waals surface area (Å²) < 4.78 is 18.0. The highest BCUT2D eigenvalue weighted by Crippen LogP contribution is 2.37. The van der Waals surface area contributed by atoms with E-state index in [-0.39, 0.29) is 18.1 Å². The van der Waals surface area contributed by atoms with Gasteiger partial charge < -0.3 is 15.2 Å². The van der Waals surface area contributed by atoms with Crippen LogP contribution < -0.4 is 10.6 Å². The van der Waals surface area contributed by atoms with Crippen LogP contribution in [0.15, 0.2) is 28.8 Å².